The second kappa shape index (κ2) is 6.83. The number of anilines is 1. The third-order valence-electron chi connectivity index (χ3n) is 3.89. The summed E-state index contributed by atoms with van der Waals surface area (Å²) >= 11 is 1.41. The summed E-state index contributed by atoms with van der Waals surface area (Å²) in [5, 5.41) is 4.78. The zero-order valence-electron chi connectivity index (χ0n) is 12.8. The molecule has 0 saturated carbocycles. The van der Waals surface area contributed by atoms with Gasteiger partial charge in [-0.1, -0.05) is 6.07 Å². The van der Waals surface area contributed by atoms with Crippen LogP contribution in [0.2, 0.25) is 0 Å². The van der Waals surface area contributed by atoms with Crippen LogP contribution in [-0.4, -0.2) is 32.0 Å². The second-order valence-corrected chi connectivity index (χ2v) is 6.41. The highest BCUT2D eigenvalue weighted by molar-refractivity contribution is 7.12. The Morgan fingerprint density at radius 3 is 2.78 bits per heavy atom. The fourth-order valence-electron chi connectivity index (χ4n) is 2.66. The third-order valence-corrected chi connectivity index (χ3v) is 4.75. The van der Waals surface area contributed by atoms with Crippen molar-refractivity contribution in [3.63, 3.8) is 0 Å². The first-order valence-corrected chi connectivity index (χ1v) is 8.31. The molecule has 1 atom stereocenters. The molecule has 1 aliphatic rings. The van der Waals surface area contributed by atoms with Crippen molar-refractivity contribution in [3.8, 4) is 5.75 Å². The van der Waals surface area contributed by atoms with E-state index in [1.807, 2.05) is 35.7 Å². The minimum atomic E-state index is -0.0738. The molecule has 1 fully saturated rings. The minimum absolute atomic E-state index is 0.0738. The lowest BCUT2D eigenvalue weighted by molar-refractivity contribution is -0.117. The lowest BCUT2D eigenvalue weighted by Gasteiger charge is -2.17. The Kier molecular flexibility index (Phi) is 4.62. The number of nitrogens with one attached hydrogen (secondary N) is 1. The molecule has 120 valence electrons. The zero-order chi connectivity index (χ0) is 16.2. The lowest BCUT2D eigenvalue weighted by Crippen LogP contribution is -2.30. The van der Waals surface area contributed by atoms with Gasteiger partial charge in [0.25, 0.3) is 5.91 Å². The van der Waals surface area contributed by atoms with Gasteiger partial charge in [0.1, 0.15) is 5.75 Å². The first-order valence-electron chi connectivity index (χ1n) is 7.43. The molecule has 0 spiro atoms. The van der Waals surface area contributed by atoms with E-state index >= 15 is 0 Å². The molecule has 0 bridgehead atoms. The summed E-state index contributed by atoms with van der Waals surface area (Å²) in [5.74, 6) is 0.912. The van der Waals surface area contributed by atoms with Gasteiger partial charge in [-0.05, 0) is 35.7 Å². The number of benzene rings is 1. The van der Waals surface area contributed by atoms with E-state index < -0.39 is 0 Å². The molecule has 1 aromatic heterocycles. The van der Waals surface area contributed by atoms with Gasteiger partial charge in [-0.3, -0.25) is 9.59 Å². The number of ether oxygens (including phenoxy) is 1. The molecule has 1 N–H and O–H groups in total. The van der Waals surface area contributed by atoms with E-state index in [-0.39, 0.29) is 17.7 Å². The molecule has 5 nitrogen and oxygen atoms in total. The van der Waals surface area contributed by atoms with Crippen LogP contribution < -0.4 is 15.0 Å². The molecule has 1 saturated heterocycles. The predicted octanol–water partition coefficient (Wildman–Crippen LogP) is 2.54. The van der Waals surface area contributed by atoms with Crippen molar-refractivity contribution in [3.05, 3.63) is 46.7 Å². The van der Waals surface area contributed by atoms with Crippen LogP contribution in [0.5, 0.6) is 5.75 Å². The molecule has 3 rings (SSSR count). The van der Waals surface area contributed by atoms with Crippen molar-refractivity contribution in [1.29, 1.82) is 0 Å². The molecule has 6 heteroatoms. The average molecular weight is 330 g/mol. The Labute approximate surface area is 138 Å². The summed E-state index contributed by atoms with van der Waals surface area (Å²) in [7, 11) is 1.61. The van der Waals surface area contributed by atoms with Gasteiger partial charge in [-0.2, -0.15) is 0 Å². The van der Waals surface area contributed by atoms with Crippen LogP contribution >= 0.6 is 11.3 Å². The quantitative estimate of drug-likeness (QED) is 0.916. The number of carbonyl (C=O) groups is 2. The van der Waals surface area contributed by atoms with E-state index in [9.17, 15) is 9.59 Å². The van der Waals surface area contributed by atoms with Gasteiger partial charge < -0.3 is 15.0 Å². The highest BCUT2D eigenvalue weighted by Crippen LogP contribution is 2.26. The van der Waals surface area contributed by atoms with Gasteiger partial charge >= 0.3 is 0 Å². The van der Waals surface area contributed by atoms with Crippen LogP contribution in [0.15, 0.2) is 41.8 Å². The highest BCUT2D eigenvalue weighted by Gasteiger charge is 2.30. The molecule has 2 heterocycles. The number of methoxy groups -OCH3 is 1. The lowest BCUT2D eigenvalue weighted by atomic mass is 10.1. The zero-order valence-corrected chi connectivity index (χ0v) is 13.6. The fourth-order valence-corrected chi connectivity index (χ4v) is 3.30. The van der Waals surface area contributed by atoms with E-state index in [1.54, 1.807) is 18.1 Å². The number of nitrogens with zero attached hydrogens (tertiary/aromatic N) is 1. The molecule has 2 amide bonds. The number of hydrogen-bond donors (Lipinski definition) is 1. The predicted molar refractivity (Wildman–Crippen MR) is 90.1 cm³/mol. The van der Waals surface area contributed by atoms with Crippen LogP contribution in [0.4, 0.5) is 5.69 Å². The normalized spacial score (nSPS) is 17.3. The molecule has 23 heavy (non-hydrogen) atoms. The van der Waals surface area contributed by atoms with Gasteiger partial charge in [0.15, 0.2) is 0 Å². The number of carbonyl (C=O) groups excluding carboxylic acids is 2. The maximum absolute atomic E-state index is 12.2. The molecule has 0 unspecified atom stereocenters. The summed E-state index contributed by atoms with van der Waals surface area (Å²) in [5.41, 5.74) is 0.864. The Morgan fingerprint density at radius 2 is 2.13 bits per heavy atom. The summed E-state index contributed by atoms with van der Waals surface area (Å²) in [6.45, 7) is 1.13. The maximum Gasteiger partial charge on any atom is 0.261 e. The van der Waals surface area contributed by atoms with Crippen molar-refractivity contribution in [2.75, 3.05) is 25.1 Å². The summed E-state index contributed by atoms with van der Waals surface area (Å²) in [6.07, 6.45) is 0.455. The first-order chi connectivity index (χ1) is 11.2. The van der Waals surface area contributed by atoms with Crippen molar-refractivity contribution < 1.29 is 14.3 Å². The third kappa shape index (κ3) is 3.53. The summed E-state index contributed by atoms with van der Waals surface area (Å²) in [4.78, 5) is 26.6. The van der Waals surface area contributed by atoms with Crippen LogP contribution in [-0.2, 0) is 4.79 Å². The molecule has 0 aliphatic carbocycles. The van der Waals surface area contributed by atoms with Crippen LogP contribution in [0.25, 0.3) is 0 Å². The number of rotatable bonds is 5. The Balaban J connectivity index is 1.57. The van der Waals surface area contributed by atoms with Crippen molar-refractivity contribution in [1.82, 2.24) is 5.32 Å². The van der Waals surface area contributed by atoms with Gasteiger partial charge in [0.05, 0.1) is 12.0 Å². The molecule has 1 aromatic carbocycles. The van der Waals surface area contributed by atoms with Gasteiger partial charge in [0.2, 0.25) is 5.91 Å². The molecule has 2 aromatic rings. The van der Waals surface area contributed by atoms with Crippen molar-refractivity contribution in [2.45, 2.75) is 6.42 Å². The van der Waals surface area contributed by atoms with E-state index in [1.165, 1.54) is 11.3 Å². The number of thiophene rings is 1. The first kappa shape index (κ1) is 15.6. The smallest absolute Gasteiger partial charge is 0.261 e. The molecular formula is C17H18N2O3S. The van der Waals surface area contributed by atoms with E-state index in [0.717, 1.165) is 11.4 Å². The number of amides is 2. The van der Waals surface area contributed by atoms with Crippen LogP contribution in [0.3, 0.4) is 0 Å². The molecular weight excluding hydrogens is 312 g/mol. The van der Waals surface area contributed by atoms with Gasteiger partial charge in [-0.25, -0.2) is 0 Å². The number of hydrogen-bond acceptors (Lipinski definition) is 4. The SMILES string of the molecule is COc1ccc(N2C[C@H](CNC(=O)c3cccs3)CC2=O)cc1. The second-order valence-electron chi connectivity index (χ2n) is 5.46. The average Bonchev–Trinajstić information content (AvgIpc) is 3.22. The minimum Gasteiger partial charge on any atom is -0.497 e. The van der Waals surface area contributed by atoms with Crippen LogP contribution in [0, 0.1) is 5.92 Å². The van der Waals surface area contributed by atoms with Crippen LogP contribution in [0.1, 0.15) is 16.1 Å². The highest BCUT2D eigenvalue weighted by atomic mass is 32.1. The van der Waals surface area contributed by atoms with E-state index in [0.29, 0.717) is 24.4 Å². The van der Waals surface area contributed by atoms with Crippen molar-refractivity contribution in [2.24, 2.45) is 5.92 Å². The van der Waals surface area contributed by atoms with E-state index in [4.69, 9.17) is 4.74 Å². The topological polar surface area (TPSA) is 58.6 Å². The Hall–Kier alpha value is -2.34. The van der Waals surface area contributed by atoms with E-state index in [2.05, 4.69) is 5.32 Å². The Morgan fingerprint density at radius 1 is 1.35 bits per heavy atom. The monoisotopic (exact) mass is 330 g/mol. The molecule has 1 aliphatic heterocycles. The molecule has 0 radical (unpaired) electrons. The maximum atomic E-state index is 12.2. The standard InChI is InChI=1S/C17H18N2O3S/c1-22-14-6-4-13(5-7-14)19-11-12(9-16(19)20)10-18-17(21)15-3-2-8-23-15/h2-8,12H,9-11H2,1H3,(H,18,21)/t12-/m0/s1. The van der Waals surface area contributed by atoms with Gasteiger partial charge in [0, 0.05) is 31.1 Å². The Bertz CT molecular complexity index is 682. The van der Waals surface area contributed by atoms with Crippen molar-refractivity contribution >= 4 is 28.8 Å². The summed E-state index contributed by atoms with van der Waals surface area (Å²) in [6, 6.07) is 11.1. The summed E-state index contributed by atoms with van der Waals surface area (Å²) < 4.78 is 5.13. The van der Waals surface area contributed by atoms with Gasteiger partial charge in [-0.15, -0.1) is 11.3 Å². The largest absolute Gasteiger partial charge is 0.497 e. The fraction of sp³-hybridized carbons (Fsp3) is 0.294.